The summed E-state index contributed by atoms with van der Waals surface area (Å²) in [6.07, 6.45) is 0.905. The molecule has 2 heterocycles. The van der Waals surface area contributed by atoms with Gasteiger partial charge in [-0.1, -0.05) is 26.8 Å². The van der Waals surface area contributed by atoms with Crippen LogP contribution in [-0.2, 0) is 4.79 Å². The monoisotopic (exact) mass is 266 g/mol. The van der Waals surface area contributed by atoms with Crippen molar-refractivity contribution in [2.45, 2.75) is 52.4 Å². The van der Waals surface area contributed by atoms with Crippen molar-refractivity contribution in [2.75, 3.05) is 0 Å². The Morgan fingerprint density at radius 1 is 1.44 bits per heavy atom. The number of hydrogen-bond acceptors (Lipinski definition) is 3. The van der Waals surface area contributed by atoms with Gasteiger partial charge in [0.05, 0.1) is 6.04 Å². The normalized spacial score (nSPS) is 26.1. The molecular weight excluding hydrogens is 244 g/mol. The molecule has 0 saturated carbocycles. The van der Waals surface area contributed by atoms with Crippen LogP contribution in [0.3, 0.4) is 0 Å². The second-order valence-corrected chi connectivity index (χ2v) is 6.25. The van der Waals surface area contributed by atoms with Gasteiger partial charge < -0.3 is 4.90 Å². The smallest absolute Gasteiger partial charge is 0.241 e. The van der Waals surface area contributed by atoms with E-state index in [1.165, 1.54) is 4.88 Å². The SMILES string of the molecule is CCC1NC(c2cccs2)N(C(C)C(C)C)C1=O. The predicted molar refractivity (Wildman–Crippen MR) is 75.4 cm³/mol. The van der Waals surface area contributed by atoms with E-state index in [2.05, 4.69) is 44.5 Å². The number of thiophene rings is 1. The zero-order valence-corrected chi connectivity index (χ0v) is 12.3. The van der Waals surface area contributed by atoms with Gasteiger partial charge in [0.2, 0.25) is 5.91 Å². The average molecular weight is 266 g/mol. The first kappa shape index (κ1) is 13.6. The summed E-state index contributed by atoms with van der Waals surface area (Å²) in [5, 5.41) is 5.53. The van der Waals surface area contributed by atoms with E-state index in [1.807, 2.05) is 11.0 Å². The van der Waals surface area contributed by atoms with E-state index in [1.54, 1.807) is 11.3 Å². The van der Waals surface area contributed by atoms with Gasteiger partial charge in [0.25, 0.3) is 0 Å². The van der Waals surface area contributed by atoms with Crippen LogP contribution in [0.2, 0.25) is 0 Å². The van der Waals surface area contributed by atoms with Gasteiger partial charge >= 0.3 is 0 Å². The molecule has 1 amide bonds. The molecule has 0 spiro atoms. The van der Waals surface area contributed by atoms with Crippen molar-refractivity contribution in [3.63, 3.8) is 0 Å². The summed E-state index contributed by atoms with van der Waals surface area (Å²) in [6.45, 7) is 8.54. The molecule has 1 aliphatic heterocycles. The largest absolute Gasteiger partial charge is 0.318 e. The number of carbonyl (C=O) groups is 1. The maximum Gasteiger partial charge on any atom is 0.241 e. The summed E-state index contributed by atoms with van der Waals surface area (Å²) in [7, 11) is 0. The van der Waals surface area contributed by atoms with Gasteiger partial charge in [0.1, 0.15) is 6.17 Å². The quantitative estimate of drug-likeness (QED) is 0.908. The Morgan fingerprint density at radius 3 is 2.67 bits per heavy atom. The van der Waals surface area contributed by atoms with Gasteiger partial charge in [0.15, 0.2) is 0 Å². The van der Waals surface area contributed by atoms with Crippen molar-refractivity contribution in [3.05, 3.63) is 22.4 Å². The molecule has 0 bridgehead atoms. The minimum Gasteiger partial charge on any atom is -0.318 e. The summed E-state index contributed by atoms with van der Waals surface area (Å²) in [4.78, 5) is 15.7. The highest BCUT2D eigenvalue weighted by atomic mass is 32.1. The summed E-state index contributed by atoms with van der Waals surface area (Å²) in [5.74, 6) is 0.714. The van der Waals surface area contributed by atoms with Gasteiger partial charge in [-0.15, -0.1) is 11.3 Å². The van der Waals surface area contributed by atoms with E-state index >= 15 is 0 Å². The van der Waals surface area contributed by atoms with Crippen LogP contribution in [0.25, 0.3) is 0 Å². The first-order valence-electron chi connectivity index (χ1n) is 6.67. The molecule has 3 unspecified atom stereocenters. The fourth-order valence-corrected chi connectivity index (χ4v) is 3.15. The van der Waals surface area contributed by atoms with E-state index in [-0.39, 0.29) is 24.2 Å². The molecule has 1 aliphatic rings. The molecule has 3 atom stereocenters. The Kier molecular flexibility index (Phi) is 4.07. The van der Waals surface area contributed by atoms with Crippen LogP contribution >= 0.6 is 11.3 Å². The summed E-state index contributed by atoms with van der Waals surface area (Å²) < 4.78 is 0. The third kappa shape index (κ3) is 2.31. The summed E-state index contributed by atoms with van der Waals surface area (Å²) in [5.41, 5.74) is 0. The maximum absolute atomic E-state index is 12.5. The van der Waals surface area contributed by atoms with Crippen molar-refractivity contribution in [2.24, 2.45) is 5.92 Å². The second kappa shape index (κ2) is 5.41. The zero-order valence-electron chi connectivity index (χ0n) is 11.5. The van der Waals surface area contributed by atoms with Crippen molar-refractivity contribution in [1.29, 1.82) is 0 Å². The third-order valence-electron chi connectivity index (χ3n) is 3.81. The molecule has 0 radical (unpaired) electrons. The van der Waals surface area contributed by atoms with Crippen molar-refractivity contribution in [3.8, 4) is 0 Å². The predicted octanol–water partition coefficient (Wildman–Crippen LogP) is 3.00. The summed E-state index contributed by atoms with van der Waals surface area (Å²) >= 11 is 1.71. The van der Waals surface area contributed by atoms with Gasteiger partial charge in [-0.05, 0) is 30.7 Å². The molecule has 3 nitrogen and oxygen atoms in total. The standard InChI is InChI=1S/C14H22N2OS/c1-5-11-14(17)16(10(4)9(2)3)13(15-11)12-7-6-8-18-12/h6-11,13,15H,5H2,1-4H3. The number of hydrogen-bond donors (Lipinski definition) is 1. The second-order valence-electron chi connectivity index (χ2n) is 5.28. The van der Waals surface area contributed by atoms with E-state index in [4.69, 9.17) is 0 Å². The number of carbonyl (C=O) groups excluding carboxylic acids is 1. The first-order chi connectivity index (χ1) is 8.56. The lowest BCUT2D eigenvalue weighted by Gasteiger charge is -2.32. The molecule has 1 aromatic heterocycles. The molecule has 100 valence electrons. The molecular formula is C14H22N2OS. The van der Waals surface area contributed by atoms with Crippen LogP contribution in [0.4, 0.5) is 0 Å². The molecule has 1 N–H and O–H groups in total. The van der Waals surface area contributed by atoms with Crippen LogP contribution < -0.4 is 5.32 Å². The molecule has 18 heavy (non-hydrogen) atoms. The number of nitrogens with zero attached hydrogens (tertiary/aromatic N) is 1. The van der Waals surface area contributed by atoms with E-state index in [0.717, 1.165) is 6.42 Å². The number of rotatable bonds is 4. The third-order valence-corrected chi connectivity index (χ3v) is 4.74. The zero-order chi connectivity index (χ0) is 13.3. The lowest BCUT2D eigenvalue weighted by atomic mass is 10.0. The van der Waals surface area contributed by atoms with E-state index < -0.39 is 0 Å². The molecule has 4 heteroatoms. The van der Waals surface area contributed by atoms with Crippen molar-refractivity contribution >= 4 is 17.2 Å². The molecule has 0 aromatic carbocycles. The van der Waals surface area contributed by atoms with Crippen LogP contribution in [0.1, 0.15) is 45.2 Å². The Bertz CT molecular complexity index is 402. The first-order valence-corrected chi connectivity index (χ1v) is 7.55. The van der Waals surface area contributed by atoms with Crippen LogP contribution in [-0.4, -0.2) is 22.9 Å². The minimum atomic E-state index is -0.0294. The summed E-state index contributed by atoms with van der Waals surface area (Å²) in [6, 6.07) is 4.38. The molecule has 2 rings (SSSR count). The molecule has 1 saturated heterocycles. The maximum atomic E-state index is 12.5. The minimum absolute atomic E-state index is 0.0294. The van der Waals surface area contributed by atoms with Crippen molar-refractivity contribution in [1.82, 2.24) is 10.2 Å². The number of amides is 1. The van der Waals surface area contributed by atoms with Gasteiger partial charge in [-0.25, -0.2) is 0 Å². The number of nitrogens with one attached hydrogen (secondary N) is 1. The lowest BCUT2D eigenvalue weighted by molar-refractivity contribution is -0.132. The highest BCUT2D eigenvalue weighted by Crippen LogP contribution is 2.32. The van der Waals surface area contributed by atoms with Crippen molar-refractivity contribution < 1.29 is 4.79 Å². The Morgan fingerprint density at radius 2 is 2.17 bits per heavy atom. The van der Waals surface area contributed by atoms with E-state index in [0.29, 0.717) is 5.92 Å². The average Bonchev–Trinajstić information content (AvgIpc) is 2.95. The lowest BCUT2D eigenvalue weighted by Crippen LogP contribution is -2.41. The van der Waals surface area contributed by atoms with Gasteiger partial charge in [-0.3, -0.25) is 10.1 Å². The van der Waals surface area contributed by atoms with Crippen LogP contribution in [0.15, 0.2) is 17.5 Å². The topological polar surface area (TPSA) is 32.3 Å². The Labute approximate surface area is 113 Å². The van der Waals surface area contributed by atoms with Crippen LogP contribution in [0, 0.1) is 5.92 Å². The fourth-order valence-electron chi connectivity index (χ4n) is 2.36. The highest BCUT2D eigenvalue weighted by Gasteiger charge is 2.42. The van der Waals surface area contributed by atoms with Gasteiger partial charge in [-0.2, -0.15) is 0 Å². The highest BCUT2D eigenvalue weighted by molar-refractivity contribution is 7.10. The molecule has 1 fully saturated rings. The fraction of sp³-hybridized carbons (Fsp3) is 0.643. The molecule has 1 aromatic rings. The van der Waals surface area contributed by atoms with E-state index in [9.17, 15) is 4.79 Å². The Balaban J connectivity index is 2.29. The van der Waals surface area contributed by atoms with Gasteiger partial charge in [0, 0.05) is 10.9 Å². The molecule has 0 aliphatic carbocycles. The Hall–Kier alpha value is -0.870. The van der Waals surface area contributed by atoms with Crippen LogP contribution in [0.5, 0.6) is 0 Å².